The molecule has 3 fully saturated rings. The van der Waals surface area contributed by atoms with Crippen molar-refractivity contribution >= 4 is 11.9 Å². The molecule has 3 aliphatic carbocycles. The highest BCUT2D eigenvalue weighted by Crippen LogP contribution is 2.60. The summed E-state index contributed by atoms with van der Waals surface area (Å²) in [5.74, 6) is 1.89. The summed E-state index contributed by atoms with van der Waals surface area (Å²) in [5, 5.41) is 12.8. The van der Waals surface area contributed by atoms with Gasteiger partial charge in [-0.1, -0.05) is 18.6 Å². The maximum atomic E-state index is 12.6. The fourth-order valence-electron chi connectivity index (χ4n) is 7.22. The van der Waals surface area contributed by atoms with Crippen molar-refractivity contribution in [3.8, 4) is 5.75 Å². The molecular formula is C26H33NO4. The lowest BCUT2D eigenvalue weighted by atomic mass is 9.48. The summed E-state index contributed by atoms with van der Waals surface area (Å²) < 4.78 is 5.85. The second kappa shape index (κ2) is 7.39. The number of hydrogen-bond acceptors (Lipinski definition) is 4. The summed E-state index contributed by atoms with van der Waals surface area (Å²) in [5.41, 5.74) is 2.07. The van der Waals surface area contributed by atoms with E-state index in [1.54, 1.807) is 12.1 Å². The number of esters is 1. The highest BCUT2D eigenvalue weighted by atomic mass is 16.5. The second-order valence-electron chi connectivity index (χ2n) is 10.6. The van der Waals surface area contributed by atoms with Gasteiger partial charge in [0.25, 0.3) is 0 Å². The standard InChI is InChI=1S/C26H33NO4/c1-25-13-11-19(31-24(30)16-3-6-18(28)7-4-16)15-17(25)5-8-20-21(25)12-14-26(2)22(20)9-10-23(29)27-26/h3-7,19-22,28H,8-15H2,1-2H3,(H,27,29)/t19-,20+,21-,22-,25-,26-/m0/s1. The predicted molar refractivity (Wildman–Crippen MR) is 117 cm³/mol. The fraction of sp³-hybridized carbons (Fsp3) is 0.615. The van der Waals surface area contributed by atoms with E-state index in [1.165, 1.54) is 17.7 Å². The van der Waals surface area contributed by atoms with Crippen molar-refractivity contribution < 1.29 is 19.4 Å². The summed E-state index contributed by atoms with van der Waals surface area (Å²) in [6.45, 7) is 4.68. The largest absolute Gasteiger partial charge is 0.508 e. The number of rotatable bonds is 2. The zero-order valence-corrected chi connectivity index (χ0v) is 18.5. The number of allylic oxidation sites excluding steroid dienone is 1. The number of ether oxygens (including phenoxy) is 1. The van der Waals surface area contributed by atoms with Crippen LogP contribution in [0.3, 0.4) is 0 Å². The van der Waals surface area contributed by atoms with Crippen LogP contribution in [0.15, 0.2) is 35.9 Å². The van der Waals surface area contributed by atoms with Gasteiger partial charge in [-0.15, -0.1) is 0 Å². The average Bonchev–Trinajstić information content (AvgIpc) is 2.73. The molecule has 5 rings (SSSR count). The lowest BCUT2D eigenvalue weighted by Gasteiger charge is -2.59. The van der Waals surface area contributed by atoms with Crippen molar-refractivity contribution in [2.75, 3.05) is 0 Å². The Hall–Kier alpha value is -2.30. The number of carbonyl (C=O) groups is 2. The molecule has 6 atom stereocenters. The molecule has 1 aromatic rings. The van der Waals surface area contributed by atoms with Gasteiger partial charge in [0.2, 0.25) is 5.91 Å². The normalized spacial score (nSPS) is 39.3. The van der Waals surface area contributed by atoms with Crippen molar-refractivity contribution in [3.63, 3.8) is 0 Å². The van der Waals surface area contributed by atoms with Gasteiger partial charge in [0.05, 0.1) is 5.56 Å². The Morgan fingerprint density at radius 3 is 2.65 bits per heavy atom. The zero-order valence-electron chi connectivity index (χ0n) is 18.5. The van der Waals surface area contributed by atoms with Gasteiger partial charge in [-0.2, -0.15) is 0 Å². The molecule has 5 heteroatoms. The molecule has 31 heavy (non-hydrogen) atoms. The van der Waals surface area contributed by atoms with Crippen LogP contribution in [0.25, 0.3) is 0 Å². The van der Waals surface area contributed by atoms with Gasteiger partial charge in [-0.05, 0) is 92.9 Å². The van der Waals surface area contributed by atoms with Crippen molar-refractivity contribution in [1.82, 2.24) is 5.32 Å². The SMILES string of the molecule is C[C@]12CC[C@H](OC(=O)c3ccc(O)cc3)CC1=CC[C@@H]1[C@@H]2CC[C@]2(C)NC(=O)CC[C@@H]12. The first kappa shape index (κ1) is 20.6. The Morgan fingerprint density at radius 2 is 1.87 bits per heavy atom. The quantitative estimate of drug-likeness (QED) is 0.532. The maximum absolute atomic E-state index is 12.6. The monoisotopic (exact) mass is 423 g/mol. The van der Waals surface area contributed by atoms with Crippen LogP contribution in [0.1, 0.15) is 75.6 Å². The lowest BCUT2D eigenvalue weighted by Crippen LogP contribution is -2.62. The summed E-state index contributed by atoms with van der Waals surface area (Å²) in [7, 11) is 0. The minimum atomic E-state index is -0.311. The van der Waals surface area contributed by atoms with E-state index in [2.05, 4.69) is 25.2 Å². The Bertz CT molecular complexity index is 922. The van der Waals surface area contributed by atoms with Crippen LogP contribution < -0.4 is 5.32 Å². The van der Waals surface area contributed by atoms with E-state index in [9.17, 15) is 14.7 Å². The van der Waals surface area contributed by atoms with E-state index in [4.69, 9.17) is 4.74 Å². The molecule has 4 aliphatic rings. The van der Waals surface area contributed by atoms with Gasteiger partial charge < -0.3 is 15.2 Å². The molecule has 5 nitrogen and oxygen atoms in total. The highest BCUT2D eigenvalue weighted by Gasteiger charge is 2.56. The molecule has 0 spiro atoms. The molecule has 1 heterocycles. The molecule has 1 amide bonds. The van der Waals surface area contributed by atoms with Gasteiger partial charge in [-0.3, -0.25) is 4.79 Å². The molecule has 2 saturated carbocycles. The minimum Gasteiger partial charge on any atom is -0.508 e. The topological polar surface area (TPSA) is 75.6 Å². The number of phenols is 1. The summed E-state index contributed by atoms with van der Waals surface area (Å²) in [6, 6.07) is 6.25. The molecule has 166 valence electrons. The molecule has 0 bridgehead atoms. The fourth-order valence-corrected chi connectivity index (χ4v) is 7.22. The predicted octanol–water partition coefficient (Wildman–Crippen LogP) is 4.75. The van der Waals surface area contributed by atoms with Crippen molar-refractivity contribution in [1.29, 1.82) is 0 Å². The maximum Gasteiger partial charge on any atom is 0.338 e. The van der Waals surface area contributed by atoms with E-state index in [1.807, 2.05) is 0 Å². The number of carbonyl (C=O) groups excluding carboxylic acids is 2. The number of fused-ring (bicyclic) bond motifs is 5. The highest BCUT2D eigenvalue weighted by molar-refractivity contribution is 5.89. The van der Waals surface area contributed by atoms with Crippen LogP contribution >= 0.6 is 0 Å². The molecule has 0 radical (unpaired) electrons. The first-order chi connectivity index (χ1) is 14.8. The smallest absolute Gasteiger partial charge is 0.338 e. The Balaban J connectivity index is 1.31. The minimum absolute atomic E-state index is 0.0466. The lowest BCUT2D eigenvalue weighted by molar-refractivity contribution is -0.131. The van der Waals surface area contributed by atoms with E-state index in [-0.39, 0.29) is 34.7 Å². The molecular weight excluding hydrogens is 390 g/mol. The molecule has 0 aromatic heterocycles. The van der Waals surface area contributed by atoms with Gasteiger partial charge >= 0.3 is 5.97 Å². The van der Waals surface area contributed by atoms with Crippen molar-refractivity contribution in [2.24, 2.45) is 23.2 Å². The van der Waals surface area contributed by atoms with Crippen LogP contribution in [0.2, 0.25) is 0 Å². The Morgan fingerprint density at radius 1 is 1.10 bits per heavy atom. The molecule has 0 unspecified atom stereocenters. The Labute approximate surface area is 184 Å². The number of nitrogens with one attached hydrogen (secondary N) is 1. The molecule has 1 aliphatic heterocycles. The number of hydrogen-bond donors (Lipinski definition) is 2. The van der Waals surface area contributed by atoms with Gasteiger partial charge in [0.1, 0.15) is 11.9 Å². The number of benzene rings is 1. The van der Waals surface area contributed by atoms with E-state index < -0.39 is 0 Å². The summed E-state index contributed by atoms with van der Waals surface area (Å²) in [6.07, 6.45) is 10.1. The first-order valence-corrected chi connectivity index (χ1v) is 11.8. The summed E-state index contributed by atoms with van der Waals surface area (Å²) in [4.78, 5) is 24.6. The van der Waals surface area contributed by atoms with E-state index in [0.29, 0.717) is 29.7 Å². The van der Waals surface area contributed by atoms with Crippen molar-refractivity contribution in [3.05, 3.63) is 41.5 Å². The third-order valence-corrected chi connectivity index (χ3v) is 8.93. The molecule has 1 aromatic carbocycles. The molecule has 1 saturated heterocycles. The van der Waals surface area contributed by atoms with Crippen LogP contribution in [-0.2, 0) is 9.53 Å². The number of aromatic hydroxyl groups is 1. The second-order valence-corrected chi connectivity index (χ2v) is 10.6. The van der Waals surface area contributed by atoms with Gasteiger partial charge in [0.15, 0.2) is 0 Å². The third-order valence-electron chi connectivity index (χ3n) is 8.93. The molecule has 2 N–H and O–H groups in total. The Kier molecular flexibility index (Phi) is 4.91. The van der Waals surface area contributed by atoms with Gasteiger partial charge in [0, 0.05) is 18.4 Å². The van der Waals surface area contributed by atoms with E-state index in [0.717, 1.165) is 44.9 Å². The van der Waals surface area contributed by atoms with Crippen LogP contribution in [0.5, 0.6) is 5.75 Å². The first-order valence-electron chi connectivity index (χ1n) is 11.8. The van der Waals surface area contributed by atoms with Crippen molar-refractivity contribution in [2.45, 2.75) is 76.9 Å². The third kappa shape index (κ3) is 3.46. The van der Waals surface area contributed by atoms with Crippen LogP contribution in [0.4, 0.5) is 0 Å². The zero-order chi connectivity index (χ0) is 21.8. The van der Waals surface area contributed by atoms with Crippen LogP contribution in [0, 0.1) is 23.2 Å². The number of piperidine rings is 1. The van der Waals surface area contributed by atoms with Crippen LogP contribution in [-0.4, -0.2) is 28.6 Å². The average molecular weight is 424 g/mol. The number of phenolic OH excluding ortho intramolecular Hbond substituents is 1. The van der Waals surface area contributed by atoms with E-state index >= 15 is 0 Å². The summed E-state index contributed by atoms with van der Waals surface area (Å²) >= 11 is 0. The number of amides is 1. The van der Waals surface area contributed by atoms with Gasteiger partial charge in [-0.25, -0.2) is 4.79 Å².